The maximum atomic E-state index is 13.1. The van der Waals surface area contributed by atoms with E-state index in [1.54, 1.807) is 0 Å². The highest BCUT2D eigenvalue weighted by Crippen LogP contribution is 2.45. The Morgan fingerprint density at radius 1 is 0.278 bits per heavy atom. The molecule has 0 aromatic carbocycles. The third kappa shape index (κ3) is 72.2. The van der Waals surface area contributed by atoms with Gasteiger partial charge in [-0.15, -0.1) is 0 Å². The summed E-state index contributed by atoms with van der Waals surface area (Å²) in [5.74, 6) is -0.514. The molecule has 2 unspecified atom stereocenters. The number of ether oxygens (including phenoxy) is 4. The van der Waals surface area contributed by atoms with E-state index >= 15 is 0 Å². The number of carbonyl (C=O) groups is 4. The van der Waals surface area contributed by atoms with Crippen LogP contribution in [0.2, 0.25) is 0 Å². The lowest BCUT2D eigenvalue weighted by Crippen LogP contribution is -2.30. The first-order chi connectivity index (χ1) is 46.9. The zero-order chi connectivity index (χ0) is 71.4. The van der Waals surface area contributed by atoms with Crippen molar-refractivity contribution < 1.29 is 80.2 Å². The fourth-order valence-corrected chi connectivity index (χ4v) is 13.6. The number of hydrogen-bond donors (Lipinski definition) is 3. The van der Waals surface area contributed by atoms with Gasteiger partial charge in [-0.3, -0.25) is 37.3 Å². The van der Waals surface area contributed by atoms with Gasteiger partial charge in [0.15, 0.2) is 12.2 Å². The van der Waals surface area contributed by atoms with Gasteiger partial charge >= 0.3 is 39.5 Å². The van der Waals surface area contributed by atoms with Gasteiger partial charge in [-0.25, -0.2) is 9.13 Å². The molecule has 0 aromatic rings. The molecule has 5 atom stereocenters. The summed E-state index contributed by atoms with van der Waals surface area (Å²) in [6.45, 7) is 9.59. The largest absolute Gasteiger partial charge is 0.472 e. The molecule has 97 heavy (non-hydrogen) atoms. The zero-order valence-corrected chi connectivity index (χ0v) is 65.2. The first-order valence-corrected chi connectivity index (χ1v) is 43.5. The van der Waals surface area contributed by atoms with Crippen molar-refractivity contribution >= 4 is 39.5 Å². The van der Waals surface area contributed by atoms with Gasteiger partial charge in [0.1, 0.15) is 19.3 Å². The van der Waals surface area contributed by atoms with Gasteiger partial charge < -0.3 is 33.8 Å². The summed E-state index contributed by atoms with van der Waals surface area (Å²) in [5.41, 5.74) is 0. The van der Waals surface area contributed by atoms with E-state index in [0.29, 0.717) is 25.7 Å². The van der Waals surface area contributed by atoms with Gasteiger partial charge in [0.25, 0.3) is 0 Å². The van der Waals surface area contributed by atoms with Crippen molar-refractivity contribution in [1.82, 2.24) is 0 Å². The van der Waals surface area contributed by atoms with Crippen molar-refractivity contribution in [2.75, 3.05) is 39.6 Å². The third-order valence-electron chi connectivity index (χ3n) is 18.2. The Labute approximate surface area is 594 Å². The number of phosphoric acid groups is 2. The highest BCUT2D eigenvalue weighted by atomic mass is 31.2. The number of rotatable bonds is 77. The van der Waals surface area contributed by atoms with Gasteiger partial charge in [0.2, 0.25) is 0 Å². The Bertz CT molecular complexity index is 1870. The van der Waals surface area contributed by atoms with Crippen LogP contribution in [0.25, 0.3) is 0 Å². The molecule has 3 N–H and O–H groups in total. The van der Waals surface area contributed by atoms with Crippen LogP contribution in [0.5, 0.6) is 0 Å². The quantitative estimate of drug-likeness (QED) is 0.0222. The molecule has 0 spiro atoms. The molecular formula is C78H152O17P2. The van der Waals surface area contributed by atoms with E-state index in [4.69, 9.17) is 37.0 Å². The van der Waals surface area contributed by atoms with Crippen molar-refractivity contribution in [3.63, 3.8) is 0 Å². The summed E-state index contributed by atoms with van der Waals surface area (Å²) in [4.78, 5) is 72.6. The Kier molecular flexibility index (Phi) is 68.4. The van der Waals surface area contributed by atoms with E-state index in [1.165, 1.54) is 218 Å². The van der Waals surface area contributed by atoms with Crippen molar-refractivity contribution in [2.45, 2.75) is 426 Å². The van der Waals surface area contributed by atoms with E-state index in [-0.39, 0.29) is 25.7 Å². The predicted molar refractivity (Wildman–Crippen MR) is 395 cm³/mol. The van der Waals surface area contributed by atoms with Crippen molar-refractivity contribution in [3.05, 3.63) is 0 Å². The van der Waals surface area contributed by atoms with E-state index in [9.17, 15) is 43.2 Å². The van der Waals surface area contributed by atoms with E-state index in [1.807, 2.05) is 0 Å². The predicted octanol–water partition coefficient (Wildman–Crippen LogP) is 23.1. The SMILES string of the molecule is CCCCCCCCCCCCCCCCCCC(=O)O[C@H](COC(=O)CCCCCCC)COP(=O)(O)OC[C@H](O)COP(=O)(O)OC[C@@H](COC(=O)CCCCCCCCCCCCCCCCCC(C)C)OC(=O)CCCCCCCCCCCCCCCCCC(C)C. The molecule has 19 heteroatoms. The van der Waals surface area contributed by atoms with Crippen molar-refractivity contribution in [3.8, 4) is 0 Å². The first kappa shape index (κ1) is 95.1. The number of phosphoric ester groups is 2. The molecule has 0 aliphatic heterocycles. The molecule has 0 bridgehead atoms. The first-order valence-electron chi connectivity index (χ1n) is 40.5. The second-order valence-electron chi connectivity index (χ2n) is 29.1. The van der Waals surface area contributed by atoms with Crippen LogP contribution in [0.3, 0.4) is 0 Å². The molecule has 0 amide bonds. The number of aliphatic hydroxyl groups excluding tert-OH is 1. The van der Waals surface area contributed by atoms with E-state index in [0.717, 1.165) is 108 Å². The second kappa shape index (κ2) is 69.8. The molecule has 0 fully saturated rings. The minimum Gasteiger partial charge on any atom is -0.462 e. The number of hydrogen-bond acceptors (Lipinski definition) is 15. The monoisotopic (exact) mass is 1420 g/mol. The average Bonchev–Trinajstić information content (AvgIpc) is 2.38. The lowest BCUT2D eigenvalue weighted by atomic mass is 10.0. The number of unbranched alkanes of at least 4 members (excludes halogenated alkanes) is 47. The van der Waals surface area contributed by atoms with Gasteiger partial charge in [0, 0.05) is 25.7 Å². The average molecular weight is 1420 g/mol. The zero-order valence-electron chi connectivity index (χ0n) is 63.4. The Hall–Kier alpha value is -1.94. The van der Waals surface area contributed by atoms with Gasteiger partial charge in [-0.1, -0.05) is 356 Å². The van der Waals surface area contributed by atoms with Crippen LogP contribution in [-0.2, 0) is 65.4 Å². The molecule has 0 aliphatic rings. The smallest absolute Gasteiger partial charge is 0.462 e. The minimum atomic E-state index is -4.96. The second-order valence-corrected chi connectivity index (χ2v) is 32.0. The Balaban J connectivity index is 5.13. The third-order valence-corrected chi connectivity index (χ3v) is 20.1. The van der Waals surface area contributed by atoms with Crippen molar-refractivity contribution in [2.24, 2.45) is 11.8 Å². The van der Waals surface area contributed by atoms with Crippen LogP contribution >= 0.6 is 15.6 Å². The summed E-state index contributed by atoms with van der Waals surface area (Å²) in [7, 11) is -9.90. The lowest BCUT2D eigenvalue weighted by molar-refractivity contribution is -0.161. The van der Waals surface area contributed by atoms with Crippen LogP contribution in [-0.4, -0.2) is 96.7 Å². The topological polar surface area (TPSA) is 237 Å². The highest BCUT2D eigenvalue weighted by molar-refractivity contribution is 7.47. The molecule has 0 aliphatic carbocycles. The fourth-order valence-electron chi connectivity index (χ4n) is 12.0. The lowest BCUT2D eigenvalue weighted by Gasteiger charge is -2.21. The molecule has 0 heterocycles. The number of aliphatic hydroxyl groups is 1. The molecule has 576 valence electrons. The molecule has 0 saturated carbocycles. The van der Waals surface area contributed by atoms with Crippen LogP contribution in [0.1, 0.15) is 408 Å². The van der Waals surface area contributed by atoms with Gasteiger partial charge in [-0.2, -0.15) is 0 Å². The summed E-state index contributed by atoms with van der Waals surface area (Å²) in [5, 5.41) is 10.6. The maximum absolute atomic E-state index is 13.1. The number of esters is 4. The number of carbonyl (C=O) groups excluding carboxylic acids is 4. The molecular weight excluding hydrogens is 1270 g/mol. The van der Waals surface area contributed by atoms with Gasteiger partial charge in [0.05, 0.1) is 26.4 Å². The molecule has 0 rings (SSSR count). The van der Waals surface area contributed by atoms with Crippen molar-refractivity contribution in [1.29, 1.82) is 0 Å². The van der Waals surface area contributed by atoms with E-state index < -0.39 is 97.5 Å². The minimum absolute atomic E-state index is 0.107. The van der Waals surface area contributed by atoms with E-state index in [2.05, 4.69) is 41.5 Å². The summed E-state index contributed by atoms with van der Waals surface area (Å²) < 4.78 is 68.4. The Morgan fingerprint density at radius 3 is 0.701 bits per heavy atom. The van der Waals surface area contributed by atoms with Crippen LogP contribution in [0.15, 0.2) is 0 Å². The van der Waals surface area contributed by atoms with Crippen LogP contribution in [0.4, 0.5) is 0 Å². The van der Waals surface area contributed by atoms with Crippen LogP contribution in [0, 0.1) is 11.8 Å². The molecule has 0 aromatic heterocycles. The summed E-state index contributed by atoms with van der Waals surface area (Å²) >= 11 is 0. The molecule has 0 radical (unpaired) electrons. The molecule has 17 nitrogen and oxygen atoms in total. The van der Waals surface area contributed by atoms with Gasteiger partial charge in [-0.05, 0) is 37.5 Å². The summed E-state index contributed by atoms with van der Waals surface area (Å²) in [6, 6.07) is 0. The standard InChI is InChI=1S/C78H152O17P2/c1-7-9-11-13-14-15-16-17-18-23-29-34-39-44-50-56-62-77(82)94-73(66-88-75(80)60-54-46-12-10-8-2)68-92-96(84,85)90-64-72(79)65-91-97(86,87)93-69-74(95-78(83)63-57-51-45-40-35-30-25-20-22-27-32-37-42-48-53-59-71(5)6)67-89-76(81)61-55-49-43-38-33-28-24-19-21-26-31-36-41-47-52-58-70(3)4/h70-74,79H,7-69H2,1-6H3,(H,84,85)(H,86,87)/t72-,73+,74+/m0/s1. The Morgan fingerprint density at radius 2 is 0.474 bits per heavy atom. The van der Waals surface area contributed by atoms with Crippen LogP contribution < -0.4 is 0 Å². The highest BCUT2D eigenvalue weighted by Gasteiger charge is 2.30. The maximum Gasteiger partial charge on any atom is 0.472 e. The fraction of sp³-hybridized carbons (Fsp3) is 0.949. The summed E-state index contributed by atoms with van der Waals surface area (Å²) in [6.07, 6.45) is 58.7. The normalized spacial score (nSPS) is 14.0. The molecule has 0 saturated heterocycles.